The number of nitrogens with one attached hydrogen (secondary N) is 1. The monoisotopic (exact) mass is 305 g/mol. The summed E-state index contributed by atoms with van der Waals surface area (Å²) in [4.78, 5) is 12.5. The van der Waals surface area contributed by atoms with Crippen molar-refractivity contribution >= 4 is 5.91 Å². The molecule has 0 radical (unpaired) electrons. The van der Waals surface area contributed by atoms with Crippen LogP contribution in [0.2, 0.25) is 0 Å². The van der Waals surface area contributed by atoms with E-state index in [0.29, 0.717) is 17.7 Å². The molecular weight excluding hydrogens is 274 g/mol. The van der Waals surface area contributed by atoms with Gasteiger partial charge in [-0.1, -0.05) is 19.3 Å². The van der Waals surface area contributed by atoms with Gasteiger partial charge < -0.3 is 10.1 Å². The van der Waals surface area contributed by atoms with Crippen molar-refractivity contribution in [1.29, 1.82) is 0 Å². The molecule has 4 bridgehead atoms. The van der Waals surface area contributed by atoms with Gasteiger partial charge in [0.05, 0.1) is 5.60 Å². The van der Waals surface area contributed by atoms with E-state index in [0.717, 1.165) is 31.2 Å². The highest BCUT2D eigenvalue weighted by Crippen LogP contribution is 2.59. The van der Waals surface area contributed by atoms with Crippen LogP contribution in [-0.2, 0) is 9.53 Å². The number of hydrogen-bond acceptors (Lipinski definition) is 2. The van der Waals surface area contributed by atoms with Crippen LogP contribution >= 0.6 is 0 Å². The highest BCUT2D eigenvalue weighted by molar-refractivity contribution is 5.78. The Labute approximate surface area is 134 Å². The Bertz CT molecular complexity index is 399. The van der Waals surface area contributed by atoms with Crippen LogP contribution in [0, 0.1) is 29.6 Å². The van der Waals surface area contributed by atoms with Gasteiger partial charge in [0.2, 0.25) is 5.91 Å². The van der Waals surface area contributed by atoms with Gasteiger partial charge >= 0.3 is 0 Å². The van der Waals surface area contributed by atoms with Gasteiger partial charge in [0.15, 0.2) is 0 Å². The van der Waals surface area contributed by atoms with Crippen molar-refractivity contribution in [3.63, 3.8) is 0 Å². The van der Waals surface area contributed by atoms with Crippen LogP contribution in [0.15, 0.2) is 0 Å². The van der Waals surface area contributed by atoms with Gasteiger partial charge in [-0.2, -0.15) is 0 Å². The quantitative estimate of drug-likeness (QED) is 0.863. The third kappa shape index (κ3) is 2.40. The summed E-state index contributed by atoms with van der Waals surface area (Å²) in [6.45, 7) is 0.758. The molecule has 0 unspecified atom stereocenters. The molecule has 0 aromatic carbocycles. The Morgan fingerprint density at radius 2 is 1.59 bits per heavy atom. The van der Waals surface area contributed by atoms with E-state index in [1.165, 1.54) is 51.4 Å². The summed E-state index contributed by atoms with van der Waals surface area (Å²) in [6.07, 6.45) is 12.7. The molecule has 0 aromatic rings. The Morgan fingerprint density at radius 1 is 1.00 bits per heavy atom. The maximum absolute atomic E-state index is 12.5. The number of rotatable bonds is 4. The van der Waals surface area contributed by atoms with Crippen molar-refractivity contribution in [1.82, 2.24) is 5.32 Å². The molecule has 0 aromatic heterocycles. The molecule has 5 saturated carbocycles. The predicted molar refractivity (Wildman–Crippen MR) is 86.4 cm³/mol. The van der Waals surface area contributed by atoms with Crippen molar-refractivity contribution in [2.75, 3.05) is 13.7 Å². The second-order valence-electron chi connectivity index (χ2n) is 8.52. The average Bonchev–Trinajstić information content (AvgIpc) is 2.55. The minimum Gasteiger partial charge on any atom is -0.376 e. The van der Waals surface area contributed by atoms with Crippen LogP contribution in [0.25, 0.3) is 0 Å². The zero-order valence-electron chi connectivity index (χ0n) is 14.0. The Hall–Kier alpha value is -0.570. The lowest BCUT2D eigenvalue weighted by atomic mass is 9.49. The smallest absolute Gasteiger partial charge is 0.223 e. The molecule has 5 aliphatic rings. The molecule has 5 aliphatic carbocycles. The molecule has 1 amide bonds. The molecule has 0 heterocycles. The van der Waals surface area contributed by atoms with Crippen LogP contribution < -0.4 is 5.32 Å². The fourth-order valence-corrected chi connectivity index (χ4v) is 6.41. The molecule has 0 atom stereocenters. The SMILES string of the molecule is COC1(CNC(=O)C2CCCCC2)C2CC3CC(C2)CC1C3. The second kappa shape index (κ2) is 5.81. The van der Waals surface area contributed by atoms with Gasteiger partial charge in [-0.15, -0.1) is 0 Å². The first kappa shape index (κ1) is 15.0. The van der Waals surface area contributed by atoms with E-state index >= 15 is 0 Å². The number of carbonyl (C=O) groups excluding carboxylic acids is 1. The van der Waals surface area contributed by atoms with Crippen LogP contribution in [0.5, 0.6) is 0 Å². The molecule has 0 saturated heterocycles. The molecule has 1 N–H and O–H groups in total. The summed E-state index contributed by atoms with van der Waals surface area (Å²) in [6, 6.07) is 0. The third-order valence-corrected chi connectivity index (χ3v) is 7.42. The molecule has 3 nitrogen and oxygen atoms in total. The maximum Gasteiger partial charge on any atom is 0.223 e. The fraction of sp³-hybridized carbons (Fsp3) is 0.947. The fourth-order valence-electron chi connectivity index (χ4n) is 6.41. The van der Waals surface area contributed by atoms with Crippen LogP contribution in [0.4, 0.5) is 0 Å². The van der Waals surface area contributed by atoms with E-state index in [2.05, 4.69) is 5.32 Å². The molecule has 0 spiro atoms. The summed E-state index contributed by atoms with van der Waals surface area (Å²) in [5.74, 6) is 3.81. The normalized spacial score (nSPS) is 44.2. The van der Waals surface area contributed by atoms with E-state index in [4.69, 9.17) is 4.74 Å². The highest BCUT2D eigenvalue weighted by atomic mass is 16.5. The number of carbonyl (C=O) groups is 1. The zero-order valence-corrected chi connectivity index (χ0v) is 14.0. The summed E-state index contributed by atoms with van der Waals surface area (Å²) in [5.41, 5.74) is -0.0578. The zero-order chi connectivity index (χ0) is 15.2. The van der Waals surface area contributed by atoms with Crippen molar-refractivity contribution in [3.8, 4) is 0 Å². The van der Waals surface area contributed by atoms with E-state index in [1.807, 2.05) is 7.11 Å². The first-order chi connectivity index (χ1) is 10.7. The summed E-state index contributed by atoms with van der Waals surface area (Å²) >= 11 is 0. The van der Waals surface area contributed by atoms with E-state index in [1.54, 1.807) is 0 Å². The van der Waals surface area contributed by atoms with Crippen molar-refractivity contribution in [2.24, 2.45) is 29.6 Å². The number of methoxy groups -OCH3 is 1. The van der Waals surface area contributed by atoms with Crippen molar-refractivity contribution in [3.05, 3.63) is 0 Å². The highest BCUT2D eigenvalue weighted by Gasteiger charge is 2.57. The minimum atomic E-state index is -0.0578. The van der Waals surface area contributed by atoms with E-state index in [9.17, 15) is 4.79 Å². The van der Waals surface area contributed by atoms with E-state index < -0.39 is 0 Å². The van der Waals surface area contributed by atoms with Gasteiger partial charge in [-0.3, -0.25) is 4.79 Å². The third-order valence-electron chi connectivity index (χ3n) is 7.42. The molecule has 5 fully saturated rings. The Morgan fingerprint density at radius 3 is 2.14 bits per heavy atom. The topological polar surface area (TPSA) is 38.3 Å². The summed E-state index contributed by atoms with van der Waals surface area (Å²) < 4.78 is 6.14. The van der Waals surface area contributed by atoms with Gasteiger partial charge in [0.25, 0.3) is 0 Å². The van der Waals surface area contributed by atoms with Crippen LogP contribution in [0.1, 0.15) is 64.2 Å². The van der Waals surface area contributed by atoms with Gasteiger partial charge in [0.1, 0.15) is 0 Å². The molecule has 124 valence electrons. The summed E-state index contributed by atoms with van der Waals surface area (Å²) in [7, 11) is 1.88. The predicted octanol–water partition coefficient (Wildman–Crippen LogP) is 3.52. The van der Waals surface area contributed by atoms with Gasteiger partial charge in [-0.05, 0) is 68.6 Å². The molecule has 22 heavy (non-hydrogen) atoms. The molecule has 5 rings (SSSR count). The summed E-state index contributed by atoms with van der Waals surface area (Å²) in [5, 5.41) is 3.31. The molecule has 3 heteroatoms. The number of hydrogen-bond donors (Lipinski definition) is 1. The number of ether oxygens (including phenoxy) is 1. The Kier molecular flexibility index (Phi) is 3.96. The lowest BCUT2D eigenvalue weighted by Gasteiger charge is -2.60. The number of amides is 1. The molecule has 0 aliphatic heterocycles. The van der Waals surface area contributed by atoms with Crippen molar-refractivity contribution in [2.45, 2.75) is 69.8 Å². The van der Waals surface area contributed by atoms with Crippen molar-refractivity contribution < 1.29 is 9.53 Å². The lowest BCUT2D eigenvalue weighted by Crippen LogP contribution is -2.63. The van der Waals surface area contributed by atoms with Crippen LogP contribution in [0.3, 0.4) is 0 Å². The molecular formula is C19H31NO2. The largest absolute Gasteiger partial charge is 0.376 e. The Balaban J connectivity index is 1.42. The lowest BCUT2D eigenvalue weighted by molar-refractivity contribution is -0.188. The standard InChI is InChI=1S/C19H31NO2/c1-22-19(12-20-18(21)15-5-3-2-4-6-15)16-8-13-7-14(10-16)11-17(19)9-13/h13-17H,2-12H2,1H3,(H,20,21). The second-order valence-corrected chi connectivity index (χ2v) is 8.52. The average molecular weight is 305 g/mol. The minimum absolute atomic E-state index is 0.0578. The van der Waals surface area contributed by atoms with Gasteiger partial charge in [-0.25, -0.2) is 0 Å². The first-order valence-electron chi connectivity index (χ1n) is 9.54. The van der Waals surface area contributed by atoms with Crippen LogP contribution in [-0.4, -0.2) is 25.2 Å². The van der Waals surface area contributed by atoms with Gasteiger partial charge in [0, 0.05) is 19.6 Å². The van der Waals surface area contributed by atoms with E-state index in [-0.39, 0.29) is 11.5 Å². The maximum atomic E-state index is 12.5. The first-order valence-corrected chi connectivity index (χ1v) is 9.54.